The van der Waals surface area contributed by atoms with Gasteiger partial charge < -0.3 is 5.73 Å². The van der Waals surface area contributed by atoms with Gasteiger partial charge >= 0.3 is 0 Å². The number of aryl methyl sites for hydroxylation is 1. The SMILES string of the molecule is Cc1cc(N)ccc1S(=O)Cc1cccc2ccccc12. The lowest BCUT2D eigenvalue weighted by molar-refractivity contribution is 0.682. The zero-order valence-corrected chi connectivity index (χ0v) is 12.7. The van der Waals surface area contributed by atoms with Crippen LogP contribution in [0, 0.1) is 6.92 Å². The van der Waals surface area contributed by atoms with Gasteiger partial charge in [0.05, 0.1) is 16.6 Å². The van der Waals surface area contributed by atoms with Gasteiger partial charge in [0.25, 0.3) is 0 Å². The van der Waals surface area contributed by atoms with E-state index in [0.717, 1.165) is 16.0 Å². The van der Waals surface area contributed by atoms with Gasteiger partial charge in [-0.25, -0.2) is 0 Å². The number of benzene rings is 3. The van der Waals surface area contributed by atoms with Crippen molar-refractivity contribution in [3.63, 3.8) is 0 Å². The van der Waals surface area contributed by atoms with Crippen LogP contribution in [0.25, 0.3) is 10.8 Å². The van der Waals surface area contributed by atoms with Crippen molar-refractivity contribution in [1.82, 2.24) is 0 Å². The summed E-state index contributed by atoms with van der Waals surface area (Å²) < 4.78 is 12.7. The second-order valence-electron chi connectivity index (χ2n) is 5.15. The summed E-state index contributed by atoms with van der Waals surface area (Å²) in [5, 5.41) is 2.35. The number of fused-ring (bicyclic) bond motifs is 1. The molecular formula is C18H17NOS. The molecule has 2 nitrogen and oxygen atoms in total. The van der Waals surface area contributed by atoms with Gasteiger partial charge in [-0.15, -0.1) is 0 Å². The Morgan fingerprint density at radius 2 is 1.76 bits per heavy atom. The van der Waals surface area contributed by atoms with Crippen LogP contribution in [-0.4, -0.2) is 4.21 Å². The molecule has 3 aromatic rings. The Balaban J connectivity index is 1.97. The highest BCUT2D eigenvalue weighted by Crippen LogP contribution is 2.23. The molecular weight excluding hydrogens is 278 g/mol. The molecule has 0 heterocycles. The molecule has 2 N–H and O–H groups in total. The normalized spacial score (nSPS) is 12.4. The third-order valence-corrected chi connectivity index (χ3v) is 5.13. The van der Waals surface area contributed by atoms with Crippen LogP contribution in [0.3, 0.4) is 0 Å². The Kier molecular flexibility index (Phi) is 3.76. The van der Waals surface area contributed by atoms with Gasteiger partial charge in [-0.1, -0.05) is 42.5 Å². The van der Waals surface area contributed by atoms with Crippen molar-refractivity contribution in [2.24, 2.45) is 0 Å². The van der Waals surface area contributed by atoms with Crippen molar-refractivity contribution < 1.29 is 4.21 Å². The summed E-state index contributed by atoms with van der Waals surface area (Å²) in [4.78, 5) is 0.858. The van der Waals surface area contributed by atoms with Crippen LogP contribution in [-0.2, 0) is 16.6 Å². The number of anilines is 1. The summed E-state index contributed by atoms with van der Waals surface area (Å²) in [5.74, 6) is 0.520. The topological polar surface area (TPSA) is 43.1 Å². The Bertz CT molecular complexity index is 821. The van der Waals surface area contributed by atoms with Crippen LogP contribution < -0.4 is 5.73 Å². The zero-order valence-electron chi connectivity index (χ0n) is 11.9. The summed E-state index contributed by atoms with van der Waals surface area (Å²) in [7, 11) is -1.07. The van der Waals surface area contributed by atoms with Gasteiger partial charge in [-0.05, 0) is 47.0 Å². The largest absolute Gasteiger partial charge is 0.399 e. The van der Waals surface area contributed by atoms with Gasteiger partial charge in [0.2, 0.25) is 0 Å². The Hall–Kier alpha value is -2.13. The quantitative estimate of drug-likeness (QED) is 0.741. The van der Waals surface area contributed by atoms with Crippen molar-refractivity contribution >= 4 is 27.3 Å². The van der Waals surface area contributed by atoms with Gasteiger partial charge in [-0.2, -0.15) is 0 Å². The van der Waals surface area contributed by atoms with Gasteiger partial charge in [0, 0.05) is 10.6 Å². The highest BCUT2D eigenvalue weighted by Gasteiger charge is 2.10. The number of nitrogen functional groups attached to an aromatic ring is 1. The van der Waals surface area contributed by atoms with Crippen molar-refractivity contribution in [1.29, 1.82) is 0 Å². The average Bonchev–Trinajstić information content (AvgIpc) is 2.47. The zero-order chi connectivity index (χ0) is 14.8. The smallest absolute Gasteiger partial charge is 0.0577 e. The minimum atomic E-state index is -1.07. The summed E-state index contributed by atoms with van der Waals surface area (Å²) >= 11 is 0. The first kappa shape index (κ1) is 13.8. The summed E-state index contributed by atoms with van der Waals surface area (Å²) in [6.45, 7) is 1.95. The molecule has 0 saturated heterocycles. The van der Waals surface area contributed by atoms with Gasteiger partial charge in [-0.3, -0.25) is 4.21 Å². The maximum atomic E-state index is 12.7. The first-order chi connectivity index (χ1) is 10.1. The van der Waals surface area contributed by atoms with E-state index in [4.69, 9.17) is 5.73 Å². The lowest BCUT2D eigenvalue weighted by atomic mass is 10.1. The Labute approximate surface area is 127 Å². The van der Waals surface area contributed by atoms with E-state index in [1.54, 1.807) is 0 Å². The van der Waals surface area contributed by atoms with E-state index in [1.165, 1.54) is 10.8 Å². The lowest BCUT2D eigenvalue weighted by Gasteiger charge is -2.09. The molecule has 0 aliphatic carbocycles. The fraction of sp³-hybridized carbons (Fsp3) is 0.111. The molecule has 0 radical (unpaired) electrons. The number of hydrogen-bond donors (Lipinski definition) is 1. The molecule has 0 spiro atoms. The first-order valence-electron chi connectivity index (χ1n) is 6.86. The molecule has 0 amide bonds. The standard InChI is InChI=1S/C18H17NOS/c1-13-11-16(19)9-10-18(13)21(20)12-15-7-4-6-14-5-2-3-8-17(14)15/h2-11H,12,19H2,1H3. The third-order valence-electron chi connectivity index (χ3n) is 3.61. The van der Waals surface area contributed by atoms with Crippen LogP contribution in [0.4, 0.5) is 5.69 Å². The molecule has 21 heavy (non-hydrogen) atoms. The monoisotopic (exact) mass is 295 g/mol. The van der Waals surface area contributed by atoms with E-state index in [0.29, 0.717) is 11.4 Å². The second kappa shape index (κ2) is 5.70. The molecule has 1 atom stereocenters. The fourth-order valence-corrected chi connectivity index (χ4v) is 3.89. The molecule has 0 bridgehead atoms. The van der Waals surface area contributed by atoms with E-state index >= 15 is 0 Å². The van der Waals surface area contributed by atoms with E-state index in [2.05, 4.69) is 18.2 Å². The molecule has 3 aromatic carbocycles. The van der Waals surface area contributed by atoms with Crippen molar-refractivity contribution in [3.8, 4) is 0 Å². The molecule has 0 fully saturated rings. The molecule has 0 saturated carbocycles. The number of hydrogen-bond acceptors (Lipinski definition) is 2. The summed E-state index contributed by atoms with van der Waals surface area (Å²) in [6.07, 6.45) is 0. The summed E-state index contributed by atoms with van der Waals surface area (Å²) in [5.41, 5.74) is 8.56. The second-order valence-corrected chi connectivity index (χ2v) is 6.57. The molecule has 106 valence electrons. The Morgan fingerprint density at radius 1 is 1.00 bits per heavy atom. The van der Waals surface area contributed by atoms with Crippen molar-refractivity contribution in [2.75, 3.05) is 5.73 Å². The van der Waals surface area contributed by atoms with Crippen molar-refractivity contribution in [3.05, 3.63) is 71.8 Å². The lowest BCUT2D eigenvalue weighted by Crippen LogP contribution is -2.00. The maximum absolute atomic E-state index is 12.7. The molecule has 3 rings (SSSR count). The molecule has 3 heteroatoms. The minimum Gasteiger partial charge on any atom is -0.399 e. The predicted octanol–water partition coefficient (Wildman–Crippen LogP) is 4.04. The van der Waals surface area contributed by atoms with E-state index in [-0.39, 0.29) is 0 Å². The minimum absolute atomic E-state index is 0.520. The van der Waals surface area contributed by atoms with Gasteiger partial charge in [0.15, 0.2) is 0 Å². The molecule has 1 unspecified atom stereocenters. The van der Waals surface area contributed by atoms with Gasteiger partial charge in [0.1, 0.15) is 0 Å². The van der Waals surface area contributed by atoms with Crippen LogP contribution in [0.2, 0.25) is 0 Å². The van der Waals surface area contributed by atoms with Crippen molar-refractivity contribution in [2.45, 2.75) is 17.6 Å². The fourth-order valence-electron chi connectivity index (χ4n) is 2.57. The van der Waals surface area contributed by atoms with Crippen LogP contribution >= 0.6 is 0 Å². The maximum Gasteiger partial charge on any atom is 0.0577 e. The third kappa shape index (κ3) is 2.83. The molecule has 0 aliphatic heterocycles. The first-order valence-corrected chi connectivity index (χ1v) is 8.18. The van der Waals surface area contributed by atoms with E-state index < -0.39 is 10.8 Å². The van der Waals surface area contributed by atoms with Crippen LogP contribution in [0.1, 0.15) is 11.1 Å². The summed E-state index contributed by atoms with van der Waals surface area (Å²) in [6, 6.07) is 19.9. The van der Waals surface area contributed by atoms with Crippen LogP contribution in [0.15, 0.2) is 65.6 Å². The molecule has 0 aromatic heterocycles. The van der Waals surface area contributed by atoms with E-state index in [1.807, 2.05) is 49.4 Å². The number of nitrogens with two attached hydrogens (primary N) is 1. The Morgan fingerprint density at radius 3 is 2.57 bits per heavy atom. The molecule has 0 aliphatic rings. The highest BCUT2D eigenvalue weighted by molar-refractivity contribution is 7.84. The van der Waals surface area contributed by atoms with E-state index in [9.17, 15) is 4.21 Å². The average molecular weight is 295 g/mol. The highest BCUT2D eigenvalue weighted by atomic mass is 32.2. The van der Waals surface area contributed by atoms with Crippen LogP contribution in [0.5, 0.6) is 0 Å². The predicted molar refractivity (Wildman–Crippen MR) is 89.7 cm³/mol. The number of rotatable bonds is 3.